The summed E-state index contributed by atoms with van der Waals surface area (Å²) in [6, 6.07) is 4.51. The van der Waals surface area contributed by atoms with Crippen molar-refractivity contribution in [3.63, 3.8) is 0 Å². The van der Waals surface area contributed by atoms with Gasteiger partial charge in [0.2, 0.25) is 5.91 Å². The van der Waals surface area contributed by atoms with E-state index in [4.69, 9.17) is 0 Å². The number of nitrogens with one attached hydrogen (secondary N) is 1. The van der Waals surface area contributed by atoms with Crippen LogP contribution in [-0.2, 0) is 18.4 Å². The van der Waals surface area contributed by atoms with E-state index in [0.29, 0.717) is 0 Å². The minimum atomic E-state index is 0.165. The normalized spacial score (nSPS) is 24.5. The van der Waals surface area contributed by atoms with Crippen LogP contribution in [0.2, 0.25) is 0 Å². The van der Waals surface area contributed by atoms with Gasteiger partial charge in [0.1, 0.15) is 0 Å². The summed E-state index contributed by atoms with van der Waals surface area (Å²) < 4.78 is 2.18. The maximum absolute atomic E-state index is 12.7. The maximum atomic E-state index is 12.7. The predicted molar refractivity (Wildman–Crippen MR) is 88.4 cm³/mol. The number of carbonyl (C=O) groups excluding carboxylic acids is 1. The van der Waals surface area contributed by atoms with Crippen LogP contribution in [0.3, 0.4) is 0 Å². The molecule has 1 amide bonds. The average Bonchev–Trinajstić information content (AvgIpc) is 3.14. The zero-order chi connectivity index (χ0) is 15.7. The highest BCUT2D eigenvalue weighted by atomic mass is 16.2. The highest BCUT2D eigenvalue weighted by Gasteiger charge is 2.51. The number of nitrogens with zero attached hydrogens (tertiary/aromatic N) is 2. The summed E-state index contributed by atoms with van der Waals surface area (Å²) in [5.41, 5.74) is 1.56. The van der Waals surface area contributed by atoms with Crippen LogP contribution in [0.25, 0.3) is 0 Å². The first kappa shape index (κ1) is 15.6. The van der Waals surface area contributed by atoms with Gasteiger partial charge in [-0.25, -0.2) is 0 Å². The number of carbonyl (C=O) groups is 1. The Morgan fingerprint density at radius 2 is 2.14 bits per heavy atom. The highest BCUT2D eigenvalue weighted by molar-refractivity contribution is 5.80. The van der Waals surface area contributed by atoms with E-state index in [1.165, 1.54) is 31.4 Å². The summed E-state index contributed by atoms with van der Waals surface area (Å²) in [6.07, 6.45) is 7.09. The number of aromatic nitrogens is 1. The van der Waals surface area contributed by atoms with E-state index >= 15 is 0 Å². The lowest BCUT2D eigenvalue weighted by Crippen LogP contribution is -2.42. The van der Waals surface area contributed by atoms with Gasteiger partial charge in [-0.1, -0.05) is 12.8 Å². The fourth-order valence-electron chi connectivity index (χ4n) is 4.41. The first-order valence-corrected chi connectivity index (χ1v) is 8.63. The smallest absolute Gasteiger partial charge is 0.225 e. The molecule has 1 atom stereocenters. The summed E-state index contributed by atoms with van der Waals surface area (Å²) in [7, 11) is 2.10. The molecule has 1 saturated heterocycles. The Bertz CT molecular complexity index is 528. The molecular weight excluding hydrogens is 274 g/mol. The van der Waals surface area contributed by atoms with Crippen LogP contribution in [0.15, 0.2) is 18.3 Å². The van der Waals surface area contributed by atoms with E-state index in [2.05, 4.69) is 54.0 Å². The molecule has 0 radical (unpaired) electrons. The first-order chi connectivity index (χ1) is 10.5. The van der Waals surface area contributed by atoms with Crippen LogP contribution in [0.5, 0.6) is 0 Å². The molecule has 4 heteroatoms. The lowest BCUT2D eigenvalue weighted by atomic mass is 9.76. The second-order valence-electron chi connectivity index (χ2n) is 7.57. The molecule has 1 saturated carbocycles. The van der Waals surface area contributed by atoms with Gasteiger partial charge in [0.15, 0.2) is 0 Å². The van der Waals surface area contributed by atoms with Crippen molar-refractivity contribution in [1.82, 2.24) is 14.8 Å². The molecule has 1 aliphatic carbocycles. The Morgan fingerprint density at radius 1 is 1.41 bits per heavy atom. The van der Waals surface area contributed by atoms with E-state index in [9.17, 15) is 4.79 Å². The van der Waals surface area contributed by atoms with Crippen molar-refractivity contribution in [2.75, 3.05) is 13.1 Å². The zero-order valence-electron chi connectivity index (χ0n) is 14.1. The Hall–Kier alpha value is -1.29. The van der Waals surface area contributed by atoms with Gasteiger partial charge in [0, 0.05) is 44.6 Å². The van der Waals surface area contributed by atoms with Gasteiger partial charge in [0.05, 0.1) is 5.92 Å². The van der Waals surface area contributed by atoms with Crippen molar-refractivity contribution < 1.29 is 4.79 Å². The number of hydrogen-bond donors (Lipinski definition) is 1. The number of aryl methyl sites for hydroxylation is 1. The maximum Gasteiger partial charge on any atom is 0.225 e. The third kappa shape index (κ3) is 2.94. The van der Waals surface area contributed by atoms with Crippen molar-refractivity contribution in [2.45, 2.75) is 52.1 Å². The molecule has 2 heterocycles. The van der Waals surface area contributed by atoms with E-state index in [-0.39, 0.29) is 23.3 Å². The lowest BCUT2D eigenvalue weighted by Gasteiger charge is -2.29. The molecule has 2 fully saturated rings. The summed E-state index contributed by atoms with van der Waals surface area (Å²) in [5, 5.41) is 3.16. The molecule has 122 valence electrons. The van der Waals surface area contributed by atoms with Crippen LogP contribution in [-0.4, -0.2) is 34.5 Å². The van der Waals surface area contributed by atoms with Crippen molar-refractivity contribution in [1.29, 1.82) is 0 Å². The fourth-order valence-corrected chi connectivity index (χ4v) is 4.41. The Labute approximate surface area is 133 Å². The van der Waals surface area contributed by atoms with E-state index in [1.807, 2.05) is 0 Å². The molecule has 1 N–H and O–H groups in total. The molecular formula is C18H29N3O. The standard InChI is InChI=1S/C18H29N3O/c1-14(2)19-17(22)16-12-21(11-15-7-6-10-20(15)3)13-18(16)8-4-5-9-18/h6-7,10,14,16H,4-5,8-9,11-13H2,1-3H3,(H,19,22). The molecule has 3 rings (SSSR count). The van der Waals surface area contributed by atoms with Gasteiger partial charge in [-0.2, -0.15) is 0 Å². The molecule has 1 aromatic rings. The van der Waals surface area contributed by atoms with Crippen LogP contribution in [0, 0.1) is 11.3 Å². The van der Waals surface area contributed by atoms with Gasteiger partial charge in [-0.3, -0.25) is 9.69 Å². The molecule has 0 aromatic carbocycles. The molecule has 2 aliphatic rings. The minimum absolute atomic E-state index is 0.165. The molecule has 1 spiro atoms. The molecule has 1 aliphatic heterocycles. The minimum Gasteiger partial charge on any atom is -0.354 e. The average molecular weight is 303 g/mol. The first-order valence-electron chi connectivity index (χ1n) is 8.63. The number of amides is 1. The fraction of sp³-hybridized carbons (Fsp3) is 0.722. The molecule has 0 bridgehead atoms. The zero-order valence-corrected chi connectivity index (χ0v) is 14.1. The van der Waals surface area contributed by atoms with Crippen molar-refractivity contribution in [3.8, 4) is 0 Å². The third-order valence-electron chi connectivity index (χ3n) is 5.50. The molecule has 1 unspecified atom stereocenters. The summed E-state index contributed by atoms with van der Waals surface area (Å²) in [6.45, 7) is 7.04. The number of hydrogen-bond acceptors (Lipinski definition) is 2. The van der Waals surface area contributed by atoms with Gasteiger partial charge < -0.3 is 9.88 Å². The van der Waals surface area contributed by atoms with Crippen LogP contribution in [0.4, 0.5) is 0 Å². The molecule has 4 nitrogen and oxygen atoms in total. The monoisotopic (exact) mass is 303 g/mol. The van der Waals surface area contributed by atoms with Crippen molar-refractivity contribution >= 4 is 5.91 Å². The van der Waals surface area contributed by atoms with Crippen LogP contribution >= 0.6 is 0 Å². The van der Waals surface area contributed by atoms with Crippen LogP contribution in [0.1, 0.15) is 45.2 Å². The second-order valence-corrected chi connectivity index (χ2v) is 7.57. The summed E-state index contributed by atoms with van der Waals surface area (Å²) in [4.78, 5) is 15.2. The van der Waals surface area contributed by atoms with E-state index < -0.39 is 0 Å². The SMILES string of the molecule is CC(C)NC(=O)C1CN(Cc2cccn2C)CC12CCCC2. The highest BCUT2D eigenvalue weighted by Crippen LogP contribution is 2.49. The van der Waals surface area contributed by atoms with Crippen LogP contribution < -0.4 is 5.32 Å². The predicted octanol–water partition coefficient (Wildman–Crippen LogP) is 2.54. The number of likely N-dealkylation sites (tertiary alicyclic amines) is 1. The van der Waals surface area contributed by atoms with Crippen molar-refractivity contribution in [2.24, 2.45) is 18.4 Å². The van der Waals surface area contributed by atoms with E-state index in [1.54, 1.807) is 0 Å². The Balaban J connectivity index is 1.74. The van der Waals surface area contributed by atoms with E-state index in [0.717, 1.165) is 19.6 Å². The van der Waals surface area contributed by atoms with Gasteiger partial charge >= 0.3 is 0 Å². The summed E-state index contributed by atoms with van der Waals surface area (Å²) in [5.74, 6) is 0.434. The molecule has 1 aromatic heterocycles. The van der Waals surface area contributed by atoms with Gasteiger partial charge in [-0.15, -0.1) is 0 Å². The quantitative estimate of drug-likeness (QED) is 0.928. The lowest BCUT2D eigenvalue weighted by molar-refractivity contribution is -0.128. The van der Waals surface area contributed by atoms with Gasteiger partial charge in [0.25, 0.3) is 0 Å². The second kappa shape index (κ2) is 6.07. The number of rotatable bonds is 4. The topological polar surface area (TPSA) is 37.3 Å². The third-order valence-corrected chi connectivity index (χ3v) is 5.50. The largest absolute Gasteiger partial charge is 0.354 e. The molecule has 22 heavy (non-hydrogen) atoms. The Kier molecular flexibility index (Phi) is 4.31. The van der Waals surface area contributed by atoms with Gasteiger partial charge in [-0.05, 0) is 44.2 Å². The van der Waals surface area contributed by atoms with Crippen molar-refractivity contribution in [3.05, 3.63) is 24.0 Å². The summed E-state index contributed by atoms with van der Waals surface area (Å²) >= 11 is 0. The Morgan fingerprint density at radius 3 is 2.73 bits per heavy atom.